The van der Waals surface area contributed by atoms with E-state index in [0.29, 0.717) is 19.6 Å². The molecule has 1 aromatic carbocycles. The van der Waals surface area contributed by atoms with Gasteiger partial charge in [-0.25, -0.2) is 0 Å². The molecule has 0 aliphatic rings. The topological polar surface area (TPSA) is 71.4 Å². The van der Waals surface area contributed by atoms with E-state index in [-0.39, 0.29) is 30.2 Å². The van der Waals surface area contributed by atoms with Gasteiger partial charge in [-0.3, -0.25) is 0 Å². The van der Waals surface area contributed by atoms with E-state index >= 15 is 0 Å². The minimum atomic E-state index is -3.89. The zero-order valence-electron chi connectivity index (χ0n) is 15.5. The first kappa shape index (κ1) is 32.2. The summed E-state index contributed by atoms with van der Waals surface area (Å²) >= 11 is -3.89. The molecule has 0 atom stereocenters. The number of unbranched alkanes of at least 4 members (excludes halogenated alkanes) is 3. The Morgan fingerprint density at radius 3 is 1.12 bits per heavy atom. The molecule has 3 nitrogen and oxygen atoms in total. The van der Waals surface area contributed by atoms with Crippen molar-refractivity contribution < 1.29 is 32.8 Å². The summed E-state index contributed by atoms with van der Waals surface area (Å²) < 4.78 is 23.9. The molecule has 0 unspecified atom stereocenters. The largest absolute Gasteiger partial charge is 4.00 e. The zero-order chi connectivity index (χ0) is 18.3. The van der Waals surface area contributed by atoms with Gasteiger partial charge in [0.2, 0.25) is 0 Å². The number of rotatable bonds is 7. The molecule has 0 fully saturated rings. The van der Waals surface area contributed by atoms with Gasteiger partial charge in [-0.15, -0.1) is 0 Å². The Morgan fingerprint density at radius 2 is 1.04 bits per heavy atom. The standard InChI is InChI=1S/C5H5F2Ge.3C4H10N.Hf/c6-8(7)5-3-1-2-4-5;3*1-2-3-4-5;/h1-4,8H;3*5H,2-4H2,1H3;/q4*-1;+4. The second-order valence-corrected chi connectivity index (χ2v) is 7.49. The van der Waals surface area contributed by atoms with Crippen LogP contribution in [0.2, 0.25) is 0 Å². The first-order valence-electron chi connectivity index (χ1n) is 8.48. The molecule has 0 radical (unpaired) electrons. The predicted octanol–water partition coefficient (Wildman–Crippen LogP) is 6.29. The van der Waals surface area contributed by atoms with Gasteiger partial charge in [0.05, 0.1) is 0 Å². The van der Waals surface area contributed by atoms with Gasteiger partial charge in [0.15, 0.2) is 0 Å². The van der Waals surface area contributed by atoms with Crippen LogP contribution in [-0.4, -0.2) is 34.9 Å². The van der Waals surface area contributed by atoms with Crippen LogP contribution < -0.4 is 4.40 Å². The van der Waals surface area contributed by atoms with Gasteiger partial charge in [-0.2, -0.15) is 19.6 Å². The van der Waals surface area contributed by atoms with Crippen molar-refractivity contribution in [3.8, 4) is 0 Å². The fourth-order valence-corrected chi connectivity index (χ4v) is 2.14. The maximum atomic E-state index is 11.8. The third kappa shape index (κ3) is 34.0. The van der Waals surface area contributed by atoms with Gasteiger partial charge in [-0.1, -0.05) is 59.3 Å². The van der Waals surface area contributed by atoms with Gasteiger partial charge in [0.25, 0.3) is 0 Å². The molecular formula is C17H35F2GeHfN3. The molecule has 24 heavy (non-hydrogen) atoms. The SMILES string of the molecule is CCCC[NH-].CCCC[NH-].CCCC[NH-].[F][GeH]([F])[c-]1cccc1.[Hf+4]. The van der Waals surface area contributed by atoms with E-state index in [1.165, 1.54) is 12.1 Å². The minimum Gasteiger partial charge on any atom is 4.00 e. The van der Waals surface area contributed by atoms with Crippen molar-refractivity contribution in [2.75, 3.05) is 19.6 Å². The van der Waals surface area contributed by atoms with Crippen molar-refractivity contribution in [3.05, 3.63) is 41.5 Å². The fraction of sp³-hybridized carbons (Fsp3) is 0.706. The maximum absolute atomic E-state index is 11.8. The summed E-state index contributed by atoms with van der Waals surface area (Å²) in [5, 5.41) is 0. The number of halogens is 2. The normalized spacial score (nSPS) is 8.71. The summed E-state index contributed by atoms with van der Waals surface area (Å²) in [4.78, 5) is 0. The first-order chi connectivity index (χ1) is 11.0. The van der Waals surface area contributed by atoms with E-state index in [1.807, 2.05) is 0 Å². The molecule has 7 heteroatoms. The van der Waals surface area contributed by atoms with E-state index in [4.69, 9.17) is 17.2 Å². The molecule has 0 saturated carbocycles. The molecule has 0 aliphatic heterocycles. The molecule has 0 heterocycles. The Morgan fingerprint density at radius 1 is 0.750 bits per heavy atom. The number of hydrogen-bond donors (Lipinski definition) is 0. The third-order valence-corrected chi connectivity index (χ3v) is 4.40. The molecule has 0 bridgehead atoms. The van der Waals surface area contributed by atoms with E-state index in [0.717, 1.165) is 38.5 Å². The summed E-state index contributed by atoms with van der Waals surface area (Å²) in [7, 11) is 0. The molecule has 0 aliphatic carbocycles. The number of hydrogen-bond acceptors (Lipinski definition) is 0. The fourth-order valence-electron chi connectivity index (χ4n) is 1.06. The zero-order valence-corrected chi connectivity index (χ0v) is 21.5. The van der Waals surface area contributed by atoms with Crippen LogP contribution in [0.3, 0.4) is 0 Å². The summed E-state index contributed by atoms with van der Waals surface area (Å²) in [6.45, 7) is 8.06. The van der Waals surface area contributed by atoms with Crippen LogP contribution >= 0.6 is 0 Å². The van der Waals surface area contributed by atoms with Crippen LogP contribution in [0.4, 0.5) is 7.00 Å². The van der Waals surface area contributed by atoms with Gasteiger partial charge < -0.3 is 17.2 Å². The van der Waals surface area contributed by atoms with Crippen LogP contribution in [0.5, 0.6) is 0 Å². The quantitative estimate of drug-likeness (QED) is 0.273. The van der Waals surface area contributed by atoms with Crippen molar-refractivity contribution in [2.24, 2.45) is 0 Å². The molecule has 0 saturated heterocycles. The first-order valence-corrected chi connectivity index (χ1v) is 11.5. The monoisotopic (exact) mass is 573 g/mol. The molecule has 1 aromatic rings. The molecule has 1 rings (SSSR count). The summed E-state index contributed by atoms with van der Waals surface area (Å²) in [5.41, 5.74) is 19.8. The van der Waals surface area contributed by atoms with Gasteiger partial charge >= 0.3 is 76.8 Å². The van der Waals surface area contributed by atoms with E-state index < -0.39 is 15.3 Å². The molecule has 3 N–H and O–H groups in total. The smallest absolute Gasteiger partial charge is 4.00 e. The van der Waals surface area contributed by atoms with Crippen molar-refractivity contribution in [2.45, 2.75) is 59.3 Å². The van der Waals surface area contributed by atoms with Gasteiger partial charge in [0, 0.05) is 0 Å². The van der Waals surface area contributed by atoms with Crippen molar-refractivity contribution in [3.63, 3.8) is 0 Å². The number of nitrogens with one attached hydrogen (secondary N) is 3. The Labute approximate surface area is 172 Å². The van der Waals surface area contributed by atoms with Gasteiger partial charge in [-0.05, 0) is 0 Å². The Kier molecular flexibility index (Phi) is 42.0. The Bertz CT molecular complexity index is 257. The van der Waals surface area contributed by atoms with Crippen molar-refractivity contribution in [1.29, 1.82) is 0 Å². The molecule has 140 valence electrons. The summed E-state index contributed by atoms with van der Waals surface area (Å²) in [5.74, 6) is 0. The molecule has 0 spiro atoms. The van der Waals surface area contributed by atoms with Crippen LogP contribution in [-0.2, 0) is 25.8 Å². The van der Waals surface area contributed by atoms with E-state index in [1.54, 1.807) is 12.1 Å². The second-order valence-electron chi connectivity index (χ2n) is 4.83. The molecular weight excluding hydrogens is 535 g/mol. The molecule has 0 amide bonds. The van der Waals surface area contributed by atoms with E-state index in [2.05, 4.69) is 20.8 Å². The second kappa shape index (κ2) is 31.3. The van der Waals surface area contributed by atoms with Crippen molar-refractivity contribution in [1.82, 2.24) is 0 Å². The van der Waals surface area contributed by atoms with Crippen LogP contribution in [0, 0.1) is 0 Å². The van der Waals surface area contributed by atoms with Crippen LogP contribution in [0.25, 0.3) is 17.2 Å². The van der Waals surface area contributed by atoms with Gasteiger partial charge in [0.1, 0.15) is 0 Å². The Balaban J connectivity index is -0.000000113. The average molecular weight is 571 g/mol. The summed E-state index contributed by atoms with van der Waals surface area (Å²) in [6, 6.07) is 6.27. The van der Waals surface area contributed by atoms with Crippen LogP contribution in [0.15, 0.2) is 24.3 Å². The van der Waals surface area contributed by atoms with Crippen LogP contribution in [0.1, 0.15) is 59.3 Å². The maximum Gasteiger partial charge on any atom is 4.00 e. The van der Waals surface area contributed by atoms with E-state index in [9.17, 15) is 7.00 Å². The predicted molar refractivity (Wildman–Crippen MR) is 103 cm³/mol. The average Bonchev–Trinajstić information content (AvgIpc) is 3.06. The third-order valence-electron chi connectivity index (χ3n) is 2.53. The summed E-state index contributed by atoms with van der Waals surface area (Å²) in [6.07, 6.45) is 6.64. The van der Waals surface area contributed by atoms with Crippen molar-refractivity contribution >= 4 is 19.7 Å². The minimum absolute atomic E-state index is 0. The molecule has 0 aromatic heterocycles. The Hall–Kier alpha value is 0.503.